The second kappa shape index (κ2) is 5.29. The molecule has 0 N–H and O–H groups in total. The second-order valence-corrected chi connectivity index (χ2v) is 3.18. The fourth-order valence-electron chi connectivity index (χ4n) is 1.18. The number of esters is 1. The van der Waals surface area contributed by atoms with Crippen molar-refractivity contribution >= 4 is 12.3 Å². The molecule has 0 bridgehead atoms. The van der Waals surface area contributed by atoms with Gasteiger partial charge in [-0.15, -0.1) is 0 Å². The first-order chi connectivity index (χ1) is 7.17. The van der Waals surface area contributed by atoms with Crippen LogP contribution in [0.15, 0.2) is 18.2 Å². The molecule has 3 heteroatoms. The van der Waals surface area contributed by atoms with Gasteiger partial charge >= 0.3 is 5.97 Å². The van der Waals surface area contributed by atoms with E-state index in [4.69, 9.17) is 4.74 Å². The molecule has 0 unspecified atom stereocenters. The predicted octanol–water partition coefficient (Wildman–Crippen LogP) is 2.33. The smallest absolute Gasteiger partial charge is 0.315 e. The van der Waals surface area contributed by atoms with Crippen LogP contribution < -0.4 is 4.74 Å². The van der Waals surface area contributed by atoms with Gasteiger partial charge in [0, 0.05) is 5.56 Å². The Kier molecular flexibility index (Phi) is 4.03. The average Bonchev–Trinajstić information content (AvgIpc) is 2.21. The van der Waals surface area contributed by atoms with Crippen molar-refractivity contribution in [1.29, 1.82) is 0 Å². The number of aryl methyl sites for hydroxylation is 1. The summed E-state index contributed by atoms with van der Waals surface area (Å²) in [5.74, 6) is 0.134. The van der Waals surface area contributed by atoms with E-state index in [1.54, 1.807) is 25.1 Å². The molecule has 0 saturated heterocycles. The van der Waals surface area contributed by atoms with E-state index in [1.807, 2.05) is 6.92 Å². The molecule has 0 fully saturated rings. The quantitative estimate of drug-likeness (QED) is 0.430. The van der Waals surface area contributed by atoms with Crippen molar-refractivity contribution < 1.29 is 14.3 Å². The molecule has 0 aliphatic heterocycles. The summed E-state index contributed by atoms with van der Waals surface area (Å²) in [4.78, 5) is 21.7. The summed E-state index contributed by atoms with van der Waals surface area (Å²) in [6.45, 7) is 3.66. The molecule has 0 aliphatic carbocycles. The SMILES string of the molecule is CC[CH]C(=O)Oc1ccc(C=O)cc1C. The molecule has 1 aromatic carbocycles. The highest BCUT2D eigenvalue weighted by atomic mass is 16.5. The number of benzene rings is 1. The molecule has 0 saturated carbocycles. The van der Waals surface area contributed by atoms with Gasteiger partial charge in [-0.1, -0.05) is 6.92 Å². The third kappa shape index (κ3) is 3.20. The van der Waals surface area contributed by atoms with Crippen LogP contribution >= 0.6 is 0 Å². The van der Waals surface area contributed by atoms with E-state index in [9.17, 15) is 9.59 Å². The third-order valence-electron chi connectivity index (χ3n) is 1.92. The minimum Gasteiger partial charge on any atom is -0.426 e. The molecule has 3 nitrogen and oxygen atoms in total. The van der Waals surface area contributed by atoms with E-state index >= 15 is 0 Å². The van der Waals surface area contributed by atoms with Crippen molar-refractivity contribution in [1.82, 2.24) is 0 Å². The Morgan fingerprint density at radius 3 is 2.73 bits per heavy atom. The zero-order chi connectivity index (χ0) is 11.3. The molecule has 79 valence electrons. The summed E-state index contributed by atoms with van der Waals surface area (Å²) >= 11 is 0. The van der Waals surface area contributed by atoms with Crippen LogP contribution in [0, 0.1) is 13.3 Å². The number of carbonyl (C=O) groups is 2. The lowest BCUT2D eigenvalue weighted by Gasteiger charge is -2.06. The largest absolute Gasteiger partial charge is 0.426 e. The summed E-state index contributed by atoms with van der Waals surface area (Å²) in [5.41, 5.74) is 1.35. The molecule has 0 amide bonds. The normalized spacial score (nSPS) is 9.73. The lowest BCUT2D eigenvalue weighted by molar-refractivity contribution is -0.130. The monoisotopic (exact) mass is 205 g/mol. The van der Waals surface area contributed by atoms with E-state index in [0.29, 0.717) is 17.7 Å². The molecule has 15 heavy (non-hydrogen) atoms. The molecule has 1 aromatic rings. The Morgan fingerprint density at radius 1 is 1.47 bits per heavy atom. The highest BCUT2D eigenvalue weighted by Gasteiger charge is 2.06. The zero-order valence-corrected chi connectivity index (χ0v) is 8.82. The summed E-state index contributed by atoms with van der Waals surface area (Å²) in [6, 6.07) is 4.93. The fourth-order valence-corrected chi connectivity index (χ4v) is 1.18. The highest BCUT2D eigenvalue weighted by Crippen LogP contribution is 2.18. The van der Waals surface area contributed by atoms with Gasteiger partial charge in [-0.05, 0) is 37.1 Å². The van der Waals surface area contributed by atoms with Gasteiger partial charge in [0.25, 0.3) is 0 Å². The van der Waals surface area contributed by atoms with Gasteiger partial charge in [0.1, 0.15) is 12.0 Å². The van der Waals surface area contributed by atoms with E-state index in [1.165, 1.54) is 6.42 Å². The maximum absolute atomic E-state index is 11.2. The van der Waals surface area contributed by atoms with Crippen LogP contribution in [0.3, 0.4) is 0 Å². The average molecular weight is 205 g/mol. The van der Waals surface area contributed by atoms with Crippen molar-refractivity contribution in [2.24, 2.45) is 0 Å². The molecule has 0 spiro atoms. The van der Waals surface area contributed by atoms with Crippen molar-refractivity contribution in [2.75, 3.05) is 0 Å². The number of aldehydes is 1. The number of hydrogen-bond donors (Lipinski definition) is 0. The standard InChI is InChI=1S/C12H13O3/c1-3-4-12(14)15-11-6-5-10(8-13)7-9(11)2/h4-8H,3H2,1-2H3. The summed E-state index contributed by atoms with van der Waals surface area (Å²) in [6.07, 6.45) is 2.87. The lowest BCUT2D eigenvalue weighted by Crippen LogP contribution is -2.08. The number of rotatable bonds is 4. The Hall–Kier alpha value is -1.64. The van der Waals surface area contributed by atoms with Gasteiger partial charge in [0.15, 0.2) is 0 Å². The Bertz CT molecular complexity index is 369. The van der Waals surface area contributed by atoms with E-state index in [2.05, 4.69) is 0 Å². The molecular formula is C12H13O3. The first-order valence-electron chi connectivity index (χ1n) is 4.78. The molecule has 0 atom stereocenters. The summed E-state index contributed by atoms with van der Waals surface area (Å²) < 4.78 is 5.07. The maximum atomic E-state index is 11.2. The predicted molar refractivity (Wildman–Crippen MR) is 56.8 cm³/mol. The second-order valence-electron chi connectivity index (χ2n) is 3.18. The molecule has 0 aliphatic rings. The van der Waals surface area contributed by atoms with Crippen molar-refractivity contribution in [3.8, 4) is 5.75 Å². The van der Waals surface area contributed by atoms with Crippen molar-refractivity contribution in [3.05, 3.63) is 35.7 Å². The topological polar surface area (TPSA) is 43.4 Å². The summed E-state index contributed by atoms with van der Waals surface area (Å²) in [5, 5.41) is 0. The number of ether oxygens (including phenoxy) is 1. The van der Waals surface area contributed by atoms with E-state index < -0.39 is 0 Å². The van der Waals surface area contributed by atoms with Crippen LogP contribution in [-0.4, -0.2) is 12.3 Å². The minimum absolute atomic E-state index is 0.362. The van der Waals surface area contributed by atoms with Crippen LogP contribution in [0.25, 0.3) is 0 Å². The Labute approximate surface area is 89.1 Å². The fraction of sp³-hybridized carbons (Fsp3) is 0.250. The first kappa shape index (κ1) is 11.4. The molecule has 0 heterocycles. The first-order valence-corrected chi connectivity index (χ1v) is 4.78. The van der Waals surface area contributed by atoms with Gasteiger partial charge in [-0.25, -0.2) is 0 Å². The Balaban J connectivity index is 2.78. The highest BCUT2D eigenvalue weighted by molar-refractivity contribution is 5.82. The van der Waals surface area contributed by atoms with Crippen LogP contribution in [-0.2, 0) is 4.79 Å². The Morgan fingerprint density at radius 2 is 2.20 bits per heavy atom. The lowest BCUT2D eigenvalue weighted by atomic mass is 10.1. The van der Waals surface area contributed by atoms with Gasteiger partial charge in [-0.2, -0.15) is 0 Å². The van der Waals surface area contributed by atoms with Crippen LogP contribution in [0.1, 0.15) is 29.3 Å². The van der Waals surface area contributed by atoms with Crippen LogP contribution in [0.2, 0.25) is 0 Å². The minimum atomic E-state index is -0.362. The van der Waals surface area contributed by atoms with Crippen molar-refractivity contribution in [3.63, 3.8) is 0 Å². The summed E-state index contributed by atoms with van der Waals surface area (Å²) in [7, 11) is 0. The van der Waals surface area contributed by atoms with E-state index in [0.717, 1.165) is 11.8 Å². The molecule has 1 rings (SSSR count). The maximum Gasteiger partial charge on any atom is 0.315 e. The number of carbonyl (C=O) groups excluding carboxylic acids is 2. The van der Waals surface area contributed by atoms with Gasteiger partial charge in [-0.3, -0.25) is 9.59 Å². The van der Waals surface area contributed by atoms with Crippen molar-refractivity contribution in [2.45, 2.75) is 20.3 Å². The van der Waals surface area contributed by atoms with Crippen LogP contribution in [0.5, 0.6) is 5.75 Å². The molecule has 1 radical (unpaired) electrons. The molecular weight excluding hydrogens is 192 g/mol. The van der Waals surface area contributed by atoms with Gasteiger partial charge in [0.2, 0.25) is 0 Å². The van der Waals surface area contributed by atoms with Crippen LogP contribution in [0.4, 0.5) is 0 Å². The van der Waals surface area contributed by atoms with E-state index in [-0.39, 0.29) is 5.97 Å². The van der Waals surface area contributed by atoms with Gasteiger partial charge < -0.3 is 4.74 Å². The van der Waals surface area contributed by atoms with Gasteiger partial charge in [0.05, 0.1) is 6.42 Å². The third-order valence-corrected chi connectivity index (χ3v) is 1.92. The number of hydrogen-bond acceptors (Lipinski definition) is 3. The molecule has 0 aromatic heterocycles. The zero-order valence-electron chi connectivity index (χ0n) is 8.82.